The number of carbonyl (C=O) groups is 1. The molecule has 1 atom stereocenters. The lowest BCUT2D eigenvalue weighted by molar-refractivity contribution is -0.126. The van der Waals surface area contributed by atoms with E-state index < -0.39 is 6.04 Å². The van der Waals surface area contributed by atoms with Crippen molar-refractivity contribution in [3.63, 3.8) is 0 Å². The maximum atomic E-state index is 13.4. The molecule has 7 nitrogen and oxygen atoms in total. The molecule has 34 heavy (non-hydrogen) atoms. The third kappa shape index (κ3) is 4.74. The standard InChI is InChI=1S/C27H32N2O5/c1-31-21-11-10-19(15-22(21)32-2)25(29-27(30)17-8-6-5-7-9-17)26-20-16-24(34-4)23(33-3)14-18(20)12-13-28-26/h10-17,25H,5-9H2,1-4H3,(H,29,30). The molecule has 1 aromatic heterocycles. The van der Waals surface area contributed by atoms with E-state index in [1.165, 1.54) is 6.42 Å². The minimum Gasteiger partial charge on any atom is -0.493 e. The molecule has 1 aliphatic rings. The molecule has 4 rings (SSSR count). The van der Waals surface area contributed by atoms with Crippen molar-refractivity contribution in [2.45, 2.75) is 38.1 Å². The molecule has 3 aromatic rings. The molecule has 1 heterocycles. The van der Waals surface area contributed by atoms with Crippen LogP contribution in [0.1, 0.15) is 49.4 Å². The molecule has 0 aliphatic heterocycles. The quantitative estimate of drug-likeness (QED) is 0.502. The number of nitrogens with one attached hydrogen (secondary N) is 1. The van der Waals surface area contributed by atoms with E-state index in [1.807, 2.05) is 36.4 Å². The SMILES string of the molecule is COc1ccc(C(NC(=O)C2CCCCC2)c2nccc3cc(OC)c(OC)cc23)cc1OC. The third-order valence-electron chi connectivity index (χ3n) is 6.58. The van der Waals surface area contributed by atoms with Gasteiger partial charge in [0.1, 0.15) is 0 Å². The van der Waals surface area contributed by atoms with Crippen molar-refractivity contribution in [2.24, 2.45) is 5.92 Å². The molecule has 0 radical (unpaired) electrons. The normalized spacial score (nSPS) is 14.9. The van der Waals surface area contributed by atoms with Crippen LogP contribution in [0.2, 0.25) is 0 Å². The van der Waals surface area contributed by atoms with Crippen LogP contribution < -0.4 is 24.3 Å². The molecule has 180 valence electrons. The Hall–Kier alpha value is -3.48. The minimum absolute atomic E-state index is 0.0148. The largest absolute Gasteiger partial charge is 0.493 e. The summed E-state index contributed by atoms with van der Waals surface area (Å²) in [6, 6.07) is 11.0. The van der Waals surface area contributed by atoms with Crippen LogP contribution in [0, 0.1) is 5.92 Å². The fourth-order valence-electron chi connectivity index (χ4n) is 4.72. The second kappa shape index (κ2) is 10.6. The molecule has 1 unspecified atom stereocenters. The Labute approximate surface area is 200 Å². The molecule has 0 spiro atoms. The van der Waals surface area contributed by atoms with Crippen LogP contribution in [0.4, 0.5) is 0 Å². The monoisotopic (exact) mass is 464 g/mol. The highest BCUT2D eigenvalue weighted by molar-refractivity contribution is 5.89. The number of pyridine rings is 1. The highest BCUT2D eigenvalue weighted by Crippen LogP contribution is 2.38. The predicted molar refractivity (Wildman–Crippen MR) is 131 cm³/mol. The summed E-state index contributed by atoms with van der Waals surface area (Å²) in [7, 11) is 6.43. The Morgan fingerprint density at radius 1 is 0.853 bits per heavy atom. The van der Waals surface area contributed by atoms with Gasteiger partial charge in [0.25, 0.3) is 0 Å². The molecule has 1 saturated carbocycles. The first kappa shape index (κ1) is 23.7. The molecule has 0 saturated heterocycles. The highest BCUT2D eigenvalue weighted by Gasteiger charge is 2.27. The van der Waals surface area contributed by atoms with Crippen LogP contribution in [0.5, 0.6) is 23.0 Å². The molecule has 1 fully saturated rings. The van der Waals surface area contributed by atoms with Gasteiger partial charge in [-0.25, -0.2) is 0 Å². The average Bonchev–Trinajstić information content (AvgIpc) is 2.90. The van der Waals surface area contributed by atoms with Crippen molar-refractivity contribution in [1.29, 1.82) is 0 Å². The van der Waals surface area contributed by atoms with E-state index >= 15 is 0 Å². The number of amides is 1. The second-order valence-corrected chi connectivity index (χ2v) is 8.52. The van der Waals surface area contributed by atoms with Crippen molar-refractivity contribution in [3.05, 3.63) is 53.9 Å². The van der Waals surface area contributed by atoms with E-state index in [9.17, 15) is 4.79 Å². The van der Waals surface area contributed by atoms with Crippen LogP contribution in [0.3, 0.4) is 0 Å². The lowest BCUT2D eigenvalue weighted by atomic mass is 9.88. The van der Waals surface area contributed by atoms with Gasteiger partial charge >= 0.3 is 0 Å². The zero-order chi connectivity index (χ0) is 24.1. The first-order valence-electron chi connectivity index (χ1n) is 11.6. The van der Waals surface area contributed by atoms with Gasteiger partial charge < -0.3 is 24.3 Å². The lowest BCUT2D eigenvalue weighted by Crippen LogP contribution is -2.36. The Kier molecular flexibility index (Phi) is 7.40. The van der Waals surface area contributed by atoms with E-state index in [1.54, 1.807) is 34.6 Å². The fourth-order valence-corrected chi connectivity index (χ4v) is 4.72. The predicted octanol–water partition coefficient (Wildman–Crippen LogP) is 5.06. The molecule has 1 N–H and O–H groups in total. The third-order valence-corrected chi connectivity index (χ3v) is 6.58. The van der Waals surface area contributed by atoms with Gasteiger partial charge in [-0.05, 0) is 54.1 Å². The Bertz CT molecular complexity index is 1160. The lowest BCUT2D eigenvalue weighted by Gasteiger charge is -2.26. The number of nitrogens with zero attached hydrogens (tertiary/aromatic N) is 1. The highest BCUT2D eigenvalue weighted by atomic mass is 16.5. The van der Waals surface area contributed by atoms with Crippen LogP contribution >= 0.6 is 0 Å². The summed E-state index contributed by atoms with van der Waals surface area (Å²) in [6.45, 7) is 0. The van der Waals surface area contributed by atoms with Crippen LogP contribution in [0.25, 0.3) is 10.8 Å². The average molecular weight is 465 g/mol. The van der Waals surface area contributed by atoms with Crippen molar-refractivity contribution in [2.75, 3.05) is 28.4 Å². The van der Waals surface area contributed by atoms with E-state index in [2.05, 4.69) is 5.32 Å². The van der Waals surface area contributed by atoms with Crippen LogP contribution in [-0.2, 0) is 4.79 Å². The molecular formula is C27H32N2O5. The Morgan fingerprint density at radius 2 is 1.50 bits per heavy atom. The number of hydrogen-bond donors (Lipinski definition) is 1. The summed E-state index contributed by atoms with van der Waals surface area (Å²) in [6.07, 6.45) is 6.95. The molecule has 1 aliphatic carbocycles. The number of rotatable bonds is 8. The van der Waals surface area contributed by atoms with Crippen molar-refractivity contribution < 1.29 is 23.7 Å². The summed E-state index contributed by atoms with van der Waals surface area (Å²) in [4.78, 5) is 18.1. The van der Waals surface area contributed by atoms with Crippen LogP contribution in [0.15, 0.2) is 42.6 Å². The summed E-state index contributed by atoms with van der Waals surface area (Å²) >= 11 is 0. The molecule has 0 bridgehead atoms. The number of ether oxygens (including phenoxy) is 4. The van der Waals surface area contributed by atoms with E-state index in [0.717, 1.165) is 47.7 Å². The maximum absolute atomic E-state index is 13.4. The fraction of sp³-hybridized carbons (Fsp3) is 0.407. The van der Waals surface area contributed by atoms with Crippen molar-refractivity contribution >= 4 is 16.7 Å². The van der Waals surface area contributed by atoms with Gasteiger partial charge in [-0.15, -0.1) is 0 Å². The number of fused-ring (bicyclic) bond motifs is 1. The first-order valence-corrected chi connectivity index (χ1v) is 11.6. The Balaban J connectivity index is 1.84. The maximum Gasteiger partial charge on any atom is 0.223 e. The van der Waals surface area contributed by atoms with E-state index in [0.29, 0.717) is 23.0 Å². The molecule has 7 heteroatoms. The van der Waals surface area contributed by atoms with Gasteiger partial charge in [0.15, 0.2) is 23.0 Å². The summed E-state index contributed by atoms with van der Waals surface area (Å²) < 4.78 is 22.0. The number of benzene rings is 2. The van der Waals surface area contributed by atoms with Gasteiger partial charge in [0.2, 0.25) is 5.91 Å². The number of hydrogen-bond acceptors (Lipinski definition) is 6. The summed E-state index contributed by atoms with van der Waals surface area (Å²) in [5.41, 5.74) is 1.59. The zero-order valence-electron chi connectivity index (χ0n) is 20.2. The molecule has 2 aromatic carbocycles. The van der Waals surface area contributed by atoms with Gasteiger partial charge in [-0.1, -0.05) is 25.3 Å². The van der Waals surface area contributed by atoms with Gasteiger partial charge in [0, 0.05) is 17.5 Å². The second-order valence-electron chi connectivity index (χ2n) is 8.52. The van der Waals surface area contributed by atoms with Gasteiger partial charge in [0.05, 0.1) is 40.2 Å². The number of carbonyl (C=O) groups excluding carboxylic acids is 1. The molecular weight excluding hydrogens is 432 g/mol. The van der Waals surface area contributed by atoms with Gasteiger partial charge in [-0.2, -0.15) is 0 Å². The Morgan fingerprint density at radius 3 is 2.18 bits per heavy atom. The number of aromatic nitrogens is 1. The first-order chi connectivity index (χ1) is 16.6. The smallest absolute Gasteiger partial charge is 0.223 e. The van der Waals surface area contributed by atoms with Crippen molar-refractivity contribution in [3.8, 4) is 23.0 Å². The van der Waals surface area contributed by atoms with Gasteiger partial charge in [-0.3, -0.25) is 9.78 Å². The topological polar surface area (TPSA) is 78.9 Å². The van der Waals surface area contributed by atoms with E-state index in [-0.39, 0.29) is 11.8 Å². The summed E-state index contributed by atoms with van der Waals surface area (Å²) in [5, 5.41) is 5.12. The molecule has 1 amide bonds. The minimum atomic E-state index is -0.476. The zero-order valence-corrected chi connectivity index (χ0v) is 20.2. The van der Waals surface area contributed by atoms with Crippen LogP contribution in [-0.4, -0.2) is 39.3 Å². The summed E-state index contributed by atoms with van der Waals surface area (Å²) in [5.74, 6) is 2.53. The van der Waals surface area contributed by atoms with E-state index in [4.69, 9.17) is 23.9 Å². The number of methoxy groups -OCH3 is 4. The van der Waals surface area contributed by atoms with Crippen molar-refractivity contribution in [1.82, 2.24) is 10.3 Å².